The molecule has 0 atom stereocenters. The quantitative estimate of drug-likeness (QED) is 0.730. The van der Waals surface area contributed by atoms with Gasteiger partial charge in [-0.3, -0.25) is 4.68 Å². The second-order valence-electron chi connectivity index (χ2n) is 4.83. The summed E-state index contributed by atoms with van der Waals surface area (Å²) in [5.41, 5.74) is 6.18. The molecule has 0 unspecified atom stereocenters. The maximum absolute atomic E-state index is 4.48. The molecule has 0 bridgehead atoms. The molecule has 5 nitrogen and oxygen atoms in total. The van der Waals surface area contributed by atoms with Crippen LogP contribution < -0.4 is 5.32 Å². The Morgan fingerprint density at radius 3 is 3.05 bits per heavy atom. The minimum absolute atomic E-state index is 0.821. The standard InChI is InChI=1S/C14H17N5S/c1-10-13-5-11(7-16-14(13)19(2)18-10)6-15-4-3-12-8-20-9-17-12/h5,7-9,15H,3-4,6H2,1-2H3. The zero-order chi connectivity index (χ0) is 13.9. The Kier molecular flexibility index (Phi) is 3.75. The first kappa shape index (κ1) is 13.2. The third-order valence-corrected chi connectivity index (χ3v) is 3.93. The van der Waals surface area contributed by atoms with E-state index in [-0.39, 0.29) is 0 Å². The van der Waals surface area contributed by atoms with E-state index in [0.717, 1.165) is 41.9 Å². The number of fused-ring (bicyclic) bond motifs is 1. The number of hydrogen-bond acceptors (Lipinski definition) is 5. The van der Waals surface area contributed by atoms with Crippen LogP contribution in [0.4, 0.5) is 0 Å². The van der Waals surface area contributed by atoms with Gasteiger partial charge in [-0.2, -0.15) is 5.10 Å². The van der Waals surface area contributed by atoms with Crippen LogP contribution in [0.25, 0.3) is 11.0 Å². The van der Waals surface area contributed by atoms with E-state index in [9.17, 15) is 0 Å². The third kappa shape index (κ3) is 2.71. The molecule has 0 aromatic carbocycles. The van der Waals surface area contributed by atoms with Crippen LogP contribution in [0, 0.1) is 6.92 Å². The highest BCUT2D eigenvalue weighted by molar-refractivity contribution is 7.07. The molecule has 0 saturated heterocycles. The molecule has 0 aliphatic carbocycles. The van der Waals surface area contributed by atoms with Gasteiger partial charge in [-0.25, -0.2) is 9.97 Å². The van der Waals surface area contributed by atoms with E-state index in [1.54, 1.807) is 11.3 Å². The van der Waals surface area contributed by atoms with Gasteiger partial charge in [0.1, 0.15) is 0 Å². The monoisotopic (exact) mass is 287 g/mol. The van der Waals surface area contributed by atoms with Crippen molar-refractivity contribution in [2.75, 3.05) is 6.54 Å². The van der Waals surface area contributed by atoms with Gasteiger partial charge in [0.05, 0.1) is 16.9 Å². The molecule has 0 fully saturated rings. The fourth-order valence-electron chi connectivity index (χ4n) is 2.26. The summed E-state index contributed by atoms with van der Waals surface area (Å²) in [6.07, 6.45) is 2.88. The van der Waals surface area contributed by atoms with Gasteiger partial charge in [0.2, 0.25) is 0 Å². The van der Waals surface area contributed by atoms with Gasteiger partial charge in [-0.15, -0.1) is 11.3 Å². The number of rotatable bonds is 5. The molecule has 3 aromatic rings. The van der Waals surface area contributed by atoms with Crippen molar-refractivity contribution in [1.29, 1.82) is 0 Å². The molecule has 20 heavy (non-hydrogen) atoms. The Labute approximate surface area is 121 Å². The minimum Gasteiger partial charge on any atom is -0.312 e. The van der Waals surface area contributed by atoms with Crippen molar-refractivity contribution >= 4 is 22.4 Å². The second kappa shape index (κ2) is 5.68. The van der Waals surface area contributed by atoms with E-state index in [1.807, 2.05) is 30.4 Å². The van der Waals surface area contributed by atoms with Gasteiger partial charge in [0, 0.05) is 43.5 Å². The fraction of sp³-hybridized carbons (Fsp3) is 0.357. The average Bonchev–Trinajstić information content (AvgIpc) is 3.05. The van der Waals surface area contributed by atoms with E-state index in [4.69, 9.17) is 0 Å². The van der Waals surface area contributed by atoms with E-state index in [1.165, 1.54) is 5.56 Å². The summed E-state index contributed by atoms with van der Waals surface area (Å²) in [5.74, 6) is 0. The zero-order valence-corrected chi connectivity index (χ0v) is 12.4. The van der Waals surface area contributed by atoms with Crippen LogP contribution >= 0.6 is 11.3 Å². The molecule has 3 rings (SSSR count). The predicted octanol–water partition coefficient (Wildman–Crippen LogP) is 2.07. The lowest BCUT2D eigenvalue weighted by atomic mass is 10.2. The Morgan fingerprint density at radius 2 is 2.25 bits per heavy atom. The van der Waals surface area contributed by atoms with Gasteiger partial charge in [0.25, 0.3) is 0 Å². The number of aromatic nitrogens is 4. The van der Waals surface area contributed by atoms with Crippen molar-refractivity contribution in [2.45, 2.75) is 19.9 Å². The molecule has 104 valence electrons. The molecule has 0 aliphatic heterocycles. The van der Waals surface area contributed by atoms with Crippen LogP contribution in [0.2, 0.25) is 0 Å². The minimum atomic E-state index is 0.821. The first-order valence-electron chi connectivity index (χ1n) is 6.60. The highest BCUT2D eigenvalue weighted by atomic mass is 32.1. The lowest BCUT2D eigenvalue weighted by Crippen LogP contribution is -2.16. The maximum atomic E-state index is 4.48. The summed E-state index contributed by atoms with van der Waals surface area (Å²) in [6.45, 7) is 3.76. The number of aryl methyl sites for hydroxylation is 2. The Hall–Kier alpha value is -1.79. The van der Waals surface area contributed by atoms with Crippen LogP contribution in [0.3, 0.4) is 0 Å². The van der Waals surface area contributed by atoms with Gasteiger partial charge < -0.3 is 5.32 Å². The third-order valence-electron chi connectivity index (χ3n) is 3.29. The lowest BCUT2D eigenvalue weighted by molar-refractivity contribution is 0.680. The Morgan fingerprint density at radius 1 is 1.35 bits per heavy atom. The van der Waals surface area contributed by atoms with E-state index in [0.29, 0.717) is 0 Å². The lowest BCUT2D eigenvalue weighted by Gasteiger charge is -2.04. The summed E-state index contributed by atoms with van der Waals surface area (Å²) < 4.78 is 1.82. The molecule has 3 heterocycles. The molecular weight excluding hydrogens is 270 g/mol. The summed E-state index contributed by atoms with van der Waals surface area (Å²) in [6, 6.07) is 2.17. The Balaban J connectivity index is 1.61. The van der Waals surface area contributed by atoms with Gasteiger partial charge >= 0.3 is 0 Å². The first-order valence-corrected chi connectivity index (χ1v) is 7.54. The molecule has 1 N–H and O–H groups in total. The second-order valence-corrected chi connectivity index (χ2v) is 5.55. The molecule has 0 radical (unpaired) electrons. The number of thiazole rings is 1. The SMILES string of the molecule is Cc1nn(C)c2ncc(CNCCc3cscn3)cc12. The highest BCUT2D eigenvalue weighted by Crippen LogP contribution is 2.16. The number of pyridine rings is 1. The molecule has 0 saturated carbocycles. The summed E-state index contributed by atoms with van der Waals surface area (Å²) in [7, 11) is 1.92. The van der Waals surface area contributed by atoms with Gasteiger partial charge in [-0.05, 0) is 18.6 Å². The van der Waals surface area contributed by atoms with E-state index < -0.39 is 0 Å². The normalized spacial score (nSPS) is 11.3. The maximum Gasteiger partial charge on any atom is 0.157 e. The van der Waals surface area contributed by atoms with Crippen molar-refractivity contribution in [3.8, 4) is 0 Å². The highest BCUT2D eigenvalue weighted by Gasteiger charge is 2.06. The summed E-state index contributed by atoms with van der Waals surface area (Å²) >= 11 is 1.64. The van der Waals surface area contributed by atoms with Gasteiger partial charge in [0.15, 0.2) is 5.65 Å². The molecule has 6 heteroatoms. The Bertz CT molecular complexity index is 702. The summed E-state index contributed by atoms with van der Waals surface area (Å²) in [5, 5.41) is 11.0. The fourth-order valence-corrected chi connectivity index (χ4v) is 2.85. The van der Waals surface area contributed by atoms with Crippen molar-refractivity contribution in [2.24, 2.45) is 7.05 Å². The molecule has 0 aliphatic rings. The number of hydrogen-bond donors (Lipinski definition) is 1. The number of nitrogens with one attached hydrogen (secondary N) is 1. The van der Waals surface area contributed by atoms with Crippen molar-refractivity contribution in [3.63, 3.8) is 0 Å². The molecular formula is C14H17N5S. The largest absolute Gasteiger partial charge is 0.312 e. The van der Waals surface area contributed by atoms with Crippen molar-refractivity contribution in [1.82, 2.24) is 25.1 Å². The predicted molar refractivity (Wildman–Crippen MR) is 80.8 cm³/mol. The molecule has 3 aromatic heterocycles. The smallest absolute Gasteiger partial charge is 0.157 e. The van der Waals surface area contributed by atoms with E-state index in [2.05, 4.69) is 31.8 Å². The first-order chi connectivity index (χ1) is 9.74. The average molecular weight is 287 g/mol. The molecule has 0 spiro atoms. The zero-order valence-electron chi connectivity index (χ0n) is 11.6. The van der Waals surface area contributed by atoms with E-state index >= 15 is 0 Å². The van der Waals surface area contributed by atoms with Crippen molar-refractivity contribution < 1.29 is 0 Å². The van der Waals surface area contributed by atoms with Gasteiger partial charge in [-0.1, -0.05) is 0 Å². The summed E-state index contributed by atoms with van der Waals surface area (Å²) in [4.78, 5) is 8.75. The van der Waals surface area contributed by atoms with Crippen molar-refractivity contribution in [3.05, 3.63) is 40.1 Å². The molecule has 0 amide bonds. The van der Waals surface area contributed by atoms with Crippen LogP contribution in [0.15, 0.2) is 23.2 Å². The number of nitrogens with zero attached hydrogens (tertiary/aromatic N) is 4. The van der Waals surface area contributed by atoms with Crippen LogP contribution in [-0.4, -0.2) is 26.3 Å². The van der Waals surface area contributed by atoms with Crippen LogP contribution in [0.5, 0.6) is 0 Å². The van der Waals surface area contributed by atoms with Crippen LogP contribution in [-0.2, 0) is 20.0 Å². The topological polar surface area (TPSA) is 55.6 Å². The van der Waals surface area contributed by atoms with Crippen LogP contribution in [0.1, 0.15) is 17.0 Å².